The molecule has 5 heteroatoms. The number of fused-ring (bicyclic) bond motifs is 1. The molecule has 0 aliphatic heterocycles. The van der Waals surface area contributed by atoms with Crippen molar-refractivity contribution in [3.05, 3.63) is 63.6 Å². The van der Waals surface area contributed by atoms with E-state index in [0.717, 1.165) is 32.5 Å². The van der Waals surface area contributed by atoms with Gasteiger partial charge in [-0.1, -0.05) is 29.8 Å². The van der Waals surface area contributed by atoms with Crippen molar-refractivity contribution in [1.29, 1.82) is 0 Å². The molecule has 3 aromatic rings. The Morgan fingerprint density at radius 2 is 2.00 bits per heavy atom. The molecule has 112 valence electrons. The molecule has 1 N–H and O–H groups in total. The number of benzene rings is 2. The van der Waals surface area contributed by atoms with Crippen LogP contribution in [0.2, 0.25) is 5.02 Å². The van der Waals surface area contributed by atoms with E-state index in [0.29, 0.717) is 11.6 Å². The number of rotatable bonds is 4. The first-order chi connectivity index (χ1) is 10.7. The van der Waals surface area contributed by atoms with Crippen LogP contribution in [0.3, 0.4) is 0 Å². The number of anilines is 1. The number of para-hydroxylation sites is 1. The molecule has 0 amide bonds. The van der Waals surface area contributed by atoms with Gasteiger partial charge in [0.05, 0.1) is 12.6 Å². The minimum atomic E-state index is 0.641. The van der Waals surface area contributed by atoms with Crippen LogP contribution in [-0.2, 0) is 6.54 Å². The minimum Gasteiger partial charge on any atom is -0.496 e. The molecule has 3 rings (SSSR count). The Kier molecular flexibility index (Phi) is 4.50. The monoisotopic (exact) mass is 376 g/mol. The van der Waals surface area contributed by atoms with E-state index in [9.17, 15) is 0 Å². The Morgan fingerprint density at radius 3 is 2.82 bits per heavy atom. The standard InChI is InChI=1S/C17H14BrClN2O/c1-22-16-5-3-2-4-11(16)10-20-17-9-14(18)13-8-12(19)6-7-15(13)21-17/h2-9H,10H2,1H3,(H,20,21). The number of hydrogen-bond donors (Lipinski definition) is 1. The van der Waals surface area contributed by atoms with Crippen LogP contribution in [0.5, 0.6) is 5.75 Å². The largest absolute Gasteiger partial charge is 0.496 e. The number of methoxy groups -OCH3 is 1. The van der Waals surface area contributed by atoms with Gasteiger partial charge in [0.2, 0.25) is 0 Å². The molecule has 0 fully saturated rings. The molecule has 1 aromatic heterocycles. The fourth-order valence-corrected chi connectivity index (χ4v) is 2.99. The SMILES string of the molecule is COc1ccccc1CNc1cc(Br)c2cc(Cl)ccc2n1. The number of pyridine rings is 1. The second-order valence-electron chi connectivity index (χ2n) is 4.82. The smallest absolute Gasteiger partial charge is 0.128 e. The van der Waals surface area contributed by atoms with E-state index in [1.54, 1.807) is 7.11 Å². The Labute approximate surface area is 142 Å². The third kappa shape index (κ3) is 3.18. The van der Waals surface area contributed by atoms with E-state index in [1.807, 2.05) is 48.5 Å². The Morgan fingerprint density at radius 1 is 1.18 bits per heavy atom. The molecule has 0 atom stereocenters. The zero-order valence-corrected chi connectivity index (χ0v) is 14.3. The predicted octanol–water partition coefficient (Wildman–Crippen LogP) is 5.27. The predicted molar refractivity (Wildman–Crippen MR) is 94.8 cm³/mol. The van der Waals surface area contributed by atoms with E-state index in [1.165, 1.54) is 0 Å². The van der Waals surface area contributed by atoms with Crippen molar-refractivity contribution < 1.29 is 4.74 Å². The van der Waals surface area contributed by atoms with E-state index in [2.05, 4.69) is 26.2 Å². The van der Waals surface area contributed by atoms with Gasteiger partial charge in [-0.2, -0.15) is 0 Å². The van der Waals surface area contributed by atoms with E-state index >= 15 is 0 Å². The van der Waals surface area contributed by atoms with Crippen molar-refractivity contribution in [1.82, 2.24) is 4.98 Å². The molecule has 0 spiro atoms. The first kappa shape index (κ1) is 15.1. The van der Waals surface area contributed by atoms with Crippen LogP contribution in [0.1, 0.15) is 5.56 Å². The molecule has 3 nitrogen and oxygen atoms in total. The lowest BCUT2D eigenvalue weighted by atomic mass is 10.2. The summed E-state index contributed by atoms with van der Waals surface area (Å²) in [5.41, 5.74) is 1.97. The van der Waals surface area contributed by atoms with E-state index < -0.39 is 0 Å². The summed E-state index contributed by atoms with van der Waals surface area (Å²) in [6, 6.07) is 15.5. The zero-order chi connectivity index (χ0) is 15.5. The maximum absolute atomic E-state index is 6.03. The van der Waals surface area contributed by atoms with Crippen molar-refractivity contribution in [2.24, 2.45) is 0 Å². The highest BCUT2D eigenvalue weighted by molar-refractivity contribution is 9.10. The van der Waals surface area contributed by atoms with Gasteiger partial charge in [0.15, 0.2) is 0 Å². The molecule has 0 unspecified atom stereocenters. The van der Waals surface area contributed by atoms with Crippen LogP contribution < -0.4 is 10.1 Å². The van der Waals surface area contributed by atoms with Gasteiger partial charge in [-0.3, -0.25) is 0 Å². The molecule has 0 bridgehead atoms. The Hall–Kier alpha value is -1.78. The normalized spacial score (nSPS) is 10.7. The number of nitrogens with one attached hydrogen (secondary N) is 1. The molecule has 0 saturated heterocycles. The van der Waals surface area contributed by atoms with Crippen molar-refractivity contribution in [2.45, 2.75) is 6.54 Å². The van der Waals surface area contributed by atoms with Crippen molar-refractivity contribution in [2.75, 3.05) is 12.4 Å². The van der Waals surface area contributed by atoms with Gasteiger partial charge in [0, 0.05) is 27.0 Å². The molecule has 1 heterocycles. The second kappa shape index (κ2) is 6.55. The lowest BCUT2D eigenvalue weighted by molar-refractivity contribution is 0.410. The number of aromatic nitrogens is 1. The topological polar surface area (TPSA) is 34.1 Å². The van der Waals surface area contributed by atoms with Crippen molar-refractivity contribution in [3.63, 3.8) is 0 Å². The summed E-state index contributed by atoms with van der Waals surface area (Å²) in [7, 11) is 1.67. The quantitative estimate of drug-likeness (QED) is 0.672. The van der Waals surface area contributed by atoms with Gasteiger partial charge >= 0.3 is 0 Å². The highest BCUT2D eigenvalue weighted by Crippen LogP contribution is 2.28. The molecular weight excluding hydrogens is 364 g/mol. The number of hydrogen-bond acceptors (Lipinski definition) is 3. The highest BCUT2D eigenvalue weighted by atomic mass is 79.9. The Balaban J connectivity index is 1.87. The summed E-state index contributed by atoms with van der Waals surface area (Å²) >= 11 is 9.60. The molecule has 2 aromatic carbocycles. The van der Waals surface area contributed by atoms with Gasteiger partial charge in [-0.25, -0.2) is 4.98 Å². The molecular formula is C17H14BrClN2O. The maximum Gasteiger partial charge on any atom is 0.128 e. The summed E-state index contributed by atoms with van der Waals surface area (Å²) < 4.78 is 6.32. The average molecular weight is 378 g/mol. The fraction of sp³-hybridized carbons (Fsp3) is 0.118. The third-order valence-electron chi connectivity index (χ3n) is 3.37. The second-order valence-corrected chi connectivity index (χ2v) is 6.11. The summed E-state index contributed by atoms with van der Waals surface area (Å²) in [5, 5.41) is 5.02. The molecule has 0 aliphatic rings. The van der Waals surface area contributed by atoms with Gasteiger partial charge < -0.3 is 10.1 Å². The average Bonchev–Trinajstić information content (AvgIpc) is 2.54. The summed E-state index contributed by atoms with van der Waals surface area (Å²) in [5.74, 6) is 1.66. The number of nitrogens with zero attached hydrogens (tertiary/aromatic N) is 1. The molecule has 22 heavy (non-hydrogen) atoms. The van der Waals surface area contributed by atoms with Crippen LogP contribution in [-0.4, -0.2) is 12.1 Å². The lowest BCUT2D eigenvalue weighted by Gasteiger charge is -2.11. The van der Waals surface area contributed by atoms with Crippen LogP contribution in [0.25, 0.3) is 10.9 Å². The van der Waals surface area contributed by atoms with E-state index in [-0.39, 0.29) is 0 Å². The van der Waals surface area contributed by atoms with Crippen LogP contribution in [0.4, 0.5) is 5.82 Å². The fourth-order valence-electron chi connectivity index (χ4n) is 2.28. The number of ether oxygens (including phenoxy) is 1. The summed E-state index contributed by atoms with van der Waals surface area (Å²) in [6.07, 6.45) is 0. The Bertz CT molecular complexity index is 823. The molecule has 0 saturated carbocycles. The van der Waals surface area contributed by atoms with Gasteiger partial charge in [-0.05, 0) is 46.3 Å². The third-order valence-corrected chi connectivity index (χ3v) is 4.26. The number of halogens is 2. The van der Waals surface area contributed by atoms with Crippen LogP contribution in [0.15, 0.2) is 53.0 Å². The van der Waals surface area contributed by atoms with Crippen LogP contribution >= 0.6 is 27.5 Å². The van der Waals surface area contributed by atoms with E-state index in [4.69, 9.17) is 16.3 Å². The molecule has 0 aliphatic carbocycles. The van der Waals surface area contributed by atoms with Crippen LogP contribution in [0, 0.1) is 0 Å². The zero-order valence-electron chi connectivity index (χ0n) is 11.9. The van der Waals surface area contributed by atoms with Gasteiger partial charge in [-0.15, -0.1) is 0 Å². The lowest BCUT2D eigenvalue weighted by Crippen LogP contribution is -2.03. The van der Waals surface area contributed by atoms with Crippen molar-refractivity contribution >= 4 is 44.3 Å². The summed E-state index contributed by atoms with van der Waals surface area (Å²) in [4.78, 5) is 4.61. The van der Waals surface area contributed by atoms with Crippen molar-refractivity contribution in [3.8, 4) is 5.75 Å². The molecule has 0 radical (unpaired) electrons. The summed E-state index contributed by atoms with van der Waals surface area (Å²) in [6.45, 7) is 0.641. The minimum absolute atomic E-state index is 0.641. The maximum atomic E-state index is 6.03. The first-order valence-electron chi connectivity index (χ1n) is 6.79. The van der Waals surface area contributed by atoms with Gasteiger partial charge in [0.1, 0.15) is 11.6 Å². The highest BCUT2D eigenvalue weighted by Gasteiger charge is 2.06. The van der Waals surface area contributed by atoms with Gasteiger partial charge in [0.25, 0.3) is 0 Å². The first-order valence-corrected chi connectivity index (χ1v) is 7.96.